The van der Waals surface area contributed by atoms with Crippen LogP contribution in [0.3, 0.4) is 0 Å². The first-order valence-corrected chi connectivity index (χ1v) is 22.3. The van der Waals surface area contributed by atoms with E-state index in [1.807, 2.05) is 38.1 Å². The van der Waals surface area contributed by atoms with Crippen LogP contribution >= 0.6 is 11.8 Å². The Bertz CT molecular complexity index is 3050. The van der Waals surface area contributed by atoms with Gasteiger partial charge in [-0.25, -0.2) is 8.42 Å². The second-order valence-corrected chi connectivity index (χ2v) is 18.0. The van der Waals surface area contributed by atoms with E-state index in [1.165, 1.54) is 36.4 Å². The summed E-state index contributed by atoms with van der Waals surface area (Å²) in [5.41, 5.74) is -2.99. The normalized spacial score (nSPS) is 12.5. The summed E-state index contributed by atoms with van der Waals surface area (Å²) in [7, 11) is -6.89. The topological polar surface area (TPSA) is 102 Å². The van der Waals surface area contributed by atoms with Crippen molar-refractivity contribution < 1.29 is 94.7 Å². The fourth-order valence-electron chi connectivity index (χ4n) is 6.99. The van der Waals surface area contributed by atoms with Crippen LogP contribution in [-0.2, 0) is 15.5 Å². The van der Waals surface area contributed by atoms with Gasteiger partial charge in [-0.1, -0.05) is 96.1 Å². The van der Waals surface area contributed by atoms with Gasteiger partial charge < -0.3 is 18.8 Å². The van der Waals surface area contributed by atoms with Crippen molar-refractivity contribution in [1.82, 2.24) is 0 Å². The number of thioether (sulfide) groups is 1. The number of carbonyl (C=O) groups excluding carboxylic acids is 1. The number of benzene rings is 7. The van der Waals surface area contributed by atoms with Crippen LogP contribution < -0.4 is 33.1 Å². The molecule has 0 unspecified atom stereocenters. The van der Waals surface area contributed by atoms with Gasteiger partial charge in [0, 0.05) is 17.2 Å². The molecule has 0 aromatic heterocycles. The van der Waals surface area contributed by atoms with Crippen molar-refractivity contribution in [2.24, 2.45) is 0 Å². The molecule has 0 aliphatic rings. The summed E-state index contributed by atoms with van der Waals surface area (Å²) in [6, 6.07) is 33.9. The maximum atomic E-state index is 15.0. The minimum absolute atomic E-state index is 0. The zero-order valence-corrected chi connectivity index (χ0v) is 38.2. The van der Waals surface area contributed by atoms with Gasteiger partial charge in [0.1, 0.15) is 34.5 Å². The van der Waals surface area contributed by atoms with E-state index < -0.39 is 71.9 Å². The Hall–Kier alpha value is -6.23. The summed E-state index contributed by atoms with van der Waals surface area (Å²) in [5, 5.41) is -11.6. The fourth-order valence-corrected chi connectivity index (χ4v) is 8.45. The van der Waals surface area contributed by atoms with Crippen LogP contribution in [0.4, 0.5) is 43.9 Å². The van der Waals surface area contributed by atoms with Crippen LogP contribution in [-0.4, -0.2) is 41.6 Å². The third-order valence-electron chi connectivity index (χ3n) is 10.6. The van der Waals surface area contributed by atoms with Crippen LogP contribution in [0.2, 0.25) is 0 Å². The van der Waals surface area contributed by atoms with E-state index >= 15 is 26.3 Å². The summed E-state index contributed by atoms with van der Waals surface area (Å²) in [5.74, 6) is -1.73. The van der Waals surface area contributed by atoms with E-state index in [0.29, 0.717) is 41.0 Å². The molecule has 7 aromatic carbocycles. The number of ether oxygens (including phenoxy) is 3. The summed E-state index contributed by atoms with van der Waals surface area (Å²) in [6.45, 7) is 3.74. The average molecular weight is 1010 g/mol. The van der Waals surface area contributed by atoms with Gasteiger partial charge in [0.05, 0.1) is 4.90 Å². The second kappa shape index (κ2) is 20.2. The van der Waals surface area contributed by atoms with Gasteiger partial charge in [0.15, 0.2) is 15.9 Å². The molecule has 0 saturated heterocycles. The minimum Gasteiger partial charge on any atom is -0.743 e. The van der Waals surface area contributed by atoms with E-state index in [2.05, 4.69) is 0 Å². The number of carbonyl (C=O) groups is 1. The molecular formula is C50H33F10LiO7S2. The SMILES string of the molecule is Cc1ccc(C(=O)c2ccc(Oc3ccc(C(c4ccc(Oc5ccc(SC(F)(F)C(F)(F)S(=O)(=O)[O-])c(Oc6ccc(-c7ccc(C)cc7)cc6)c5)cc4)(C(F)(F)F)C(F)(F)F)cc3)cc2)cc1.[Li+]. The maximum Gasteiger partial charge on any atom is 1.00 e. The van der Waals surface area contributed by atoms with Crippen LogP contribution in [0, 0.1) is 13.8 Å². The average Bonchev–Trinajstić information content (AvgIpc) is 3.28. The number of halogens is 10. The molecule has 0 spiro atoms. The zero-order valence-electron chi connectivity index (χ0n) is 36.5. The fraction of sp³-hybridized carbons (Fsp3) is 0.140. The van der Waals surface area contributed by atoms with Gasteiger partial charge in [-0.15, -0.1) is 0 Å². The van der Waals surface area contributed by atoms with Gasteiger partial charge in [0.25, 0.3) is 0 Å². The summed E-state index contributed by atoms with van der Waals surface area (Å²) in [6.07, 6.45) is -12.0. The smallest absolute Gasteiger partial charge is 0.743 e. The van der Waals surface area contributed by atoms with Crippen molar-refractivity contribution in [2.45, 2.75) is 47.0 Å². The number of hydrogen-bond acceptors (Lipinski definition) is 8. The number of rotatable bonds is 15. The molecule has 20 heteroatoms. The number of ketones is 1. The molecule has 7 aromatic rings. The first-order valence-electron chi connectivity index (χ1n) is 20.1. The van der Waals surface area contributed by atoms with Gasteiger partial charge in [-0.05, 0) is 121 Å². The van der Waals surface area contributed by atoms with Crippen molar-refractivity contribution in [3.05, 3.63) is 197 Å². The third-order valence-corrected chi connectivity index (χ3v) is 12.7. The first-order chi connectivity index (χ1) is 32.3. The Balaban J connectivity index is 0.00000804. The summed E-state index contributed by atoms with van der Waals surface area (Å²) < 4.78 is 199. The molecule has 0 radical (unpaired) electrons. The Morgan fingerprint density at radius 3 is 1.26 bits per heavy atom. The van der Waals surface area contributed by atoms with E-state index in [1.54, 1.807) is 36.4 Å². The minimum atomic E-state index is -6.89. The quantitative estimate of drug-likeness (QED) is 0.0329. The van der Waals surface area contributed by atoms with Gasteiger partial charge in [0.2, 0.25) is 5.41 Å². The molecule has 7 rings (SSSR count). The summed E-state index contributed by atoms with van der Waals surface area (Å²) in [4.78, 5) is 12.0. The molecule has 0 heterocycles. The Kier molecular flexibility index (Phi) is 15.4. The predicted octanol–water partition coefficient (Wildman–Crippen LogP) is 11.8. The standard InChI is InChI=1S/C50H34F10O7S2.Li/c1-30-3-7-32(8-4-30)33-11-19-41(20-12-33)67-43-29-42(27-28-44(43)68-49(57,58)50(59,60)69(62,63)64)66-40-25-17-37(18-26-40)46(47(51,52)53,48(54,55)56)36-15-23-39(24-16-36)65-38-21-13-35(14-22-38)45(61)34-9-5-31(2)6-10-34;/h3-29H,1-2H3,(H,62,63,64);/q;+1/p-1. The Morgan fingerprint density at radius 2 is 0.829 bits per heavy atom. The van der Waals surface area contributed by atoms with E-state index in [9.17, 15) is 35.3 Å². The molecular weight excluding hydrogens is 974 g/mol. The monoisotopic (exact) mass is 1010 g/mol. The molecule has 0 aliphatic heterocycles. The van der Waals surface area contributed by atoms with Gasteiger partial charge in [-0.3, -0.25) is 4.79 Å². The first kappa shape index (κ1) is 53.1. The number of hydrogen-bond donors (Lipinski definition) is 0. The van der Waals surface area contributed by atoms with Crippen LogP contribution in [0.5, 0.6) is 34.5 Å². The third kappa shape index (κ3) is 11.0. The number of alkyl halides is 10. The second-order valence-electron chi connectivity index (χ2n) is 15.4. The van der Waals surface area contributed by atoms with Gasteiger partial charge in [-0.2, -0.15) is 43.9 Å². The molecule has 358 valence electrons. The van der Waals surface area contributed by atoms with Gasteiger partial charge >= 0.3 is 41.7 Å². The van der Waals surface area contributed by atoms with Crippen molar-refractivity contribution in [3.8, 4) is 45.6 Å². The van der Waals surface area contributed by atoms with Crippen LogP contribution in [0.1, 0.15) is 38.2 Å². The van der Waals surface area contributed by atoms with E-state index in [4.69, 9.17) is 14.2 Å². The number of aryl methyl sites for hydroxylation is 2. The molecule has 70 heavy (non-hydrogen) atoms. The molecule has 0 bridgehead atoms. The Labute approximate surface area is 410 Å². The molecule has 0 aliphatic carbocycles. The largest absolute Gasteiger partial charge is 1.00 e. The van der Waals surface area contributed by atoms with Crippen LogP contribution in [0.25, 0.3) is 11.1 Å². The molecule has 0 amide bonds. The molecule has 0 fully saturated rings. The molecule has 0 atom stereocenters. The van der Waals surface area contributed by atoms with Crippen molar-refractivity contribution in [1.29, 1.82) is 0 Å². The van der Waals surface area contributed by atoms with Crippen molar-refractivity contribution in [2.75, 3.05) is 0 Å². The van der Waals surface area contributed by atoms with E-state index in [-0.39, 0.29) is 53.4 Å². The maximum absolute atomic E-state index is 15.0. The van der Waals surface area contributed by atoms with Crippen LogP contribution in [0.15, 0.2) is 169 Å². The van der Waals surface area contributed by atoms with Crippen molar-refractivity contribution >= 4 is 27.7 Å². The molecule has 0 saturated carbocycles. The molecule has 7 nitrogen and oxygen atoms in total. The Morgan fingerprint density at radius 1 is 0.486 bits per heavy atom. The van der Waals surface area contributed by atoms with Crippen molar-refractivity contribution in [3.63, 3.8) is 0 Å². The van der Waals surface area contributed by atoms with E-state index in [0.717, 1.165) is 59.2 Å². The zero-order chi connectivity index (χ0) is 50.2. The molecule has 0 N–H and O–H groups in total. The predicted molar refractivity (Wildman–Crippen MR) is 236 cm³/mol. The summed E-state index contributed by atoms with van der Waals surface area (Å²) >= 11 is -1.02.